The van der Waals surface area contributed by atoms with Gasteiger partial charge in [-0.15, -0.1) is 0 Å². The number of aliphatic hydroxyl groups excluding tert-OH is 1. The van der Waals surface area contributed by atoms with Gasteiger partial charge < -0.3 is 19.7 Å². The van der Waals surface area contributed by atoms with E-state index < -0.39 is 28.9 Å². The Labute approximate surface area is 324 Å². The van der Waals surface area contributed by atoms with Crippen LogP contribution < -0.4 is 0 Å². The van der Waals surface area contributed by atoms with Gasteiger partial charge >= 0.3 is 17.9 Å². The molecule has 1 heterocycles. The van der Waals surface area contributed by atoms with Crippen molar-refractivity contribution in [2.75, 3.05) is 26.2 Å². The molecule has 0 amide bonds. The van der Waals surface area contributed by atoms with Crippen LogP contribution in [0.2, 0.25) is 0 Å². The van der Waals surface area contributed by atoms with Gasteiger partial charge in [0.25, 0.3) is 0 Å². The Kier molecular flexibility index (Phi) is 10.9. The van der Waals surface area contributed by atoms with Gasteiger partial charge in [0.05, 0.1) is 30.5 Å². The summed E-state index contributed by atoms with van der Waals surface area (Å²) in [5, 5.41) is 22.0. The van der Waals surface area contributed by atoms with Gasteiger partial charge in [-0.1, -0.05) is 54.0 Å². The Morgan fingerprint density at radius 2 is 1.63 bits per heavy atom. The first-order chi connectivity index (χ1) is 25.1. The van der Waals surface area contributed by atoms with Crippen molar-refractivity contribution in [2.45, 2.75) is 158 Å². The van der Waals surface area contributed by atoms with Crippen molar-refractivity contribution >= 4 is 23.7 Å². The first-order valence-corrected chi connectivity index (χ1v) is 21.4. The van der Waals surface area contributed by atoms with Gasteiger partial charge in [0, 0.05) is 30.3 Å². The lowest BCUT2D eigenvalue weighted by Crippen LogP contribution is -2.66. The van der Waals surface area contributed by atoms with E-state index in [1.807, 2.05) is 6.92 Å². The van der Waals surface area contributed by atoms with E-state index in [4.69, 9.17) is 9.47 Å². The largest absolute Gasteiger partial charge is 0.481 e. The first-order valence-electron chi connectivity index (χ1n) is 21.4. The Morgan fingerprint density at radius 3 is 2.28 bits per heavy atom. The molecule has 0 radical (unpaired) electrons. The molecule has 304 valence electrons. The fourth-order valence-corrected chi connectivity index (χ4v) is 14.0. The standard InChI is InChI=1S/C45H71NO8/c1-11-53-38(50)28-13-12-22-46(25-28)26-33(48)45-21-20-43(9)29(37(45)36(27(2)3)30(47)23-45)14-15-32-42(8)18-17-34(54-35(49)24-40(4,5)39(51)52)41(6,7)31(42)16-19-44(32,43)10/h27-29,31-34,48H,11-26H2,1-10H3,(H,51,52)/t28-,29-,31?,32?,33-,34+,42+,43-,44-,45+/m1/s1. The Balaban J connectivity index is 1.26. The second-order valence-electron chi connectivity index (χ2n) is 20.9. The summed E-state index contributed by atoms with van der Waals surface area (Å²) in [6.07, 6.45) is 8.69. The average molecular weight is 754 g/mol. The van der Waals surface area contributed by atoms with Gasteiger partial charge in [0.1, 0.15) is 6.10 Å². The van der Waals surface area contributed by atoms with Crippen LogP contribution in [-0.4, -0.2) is 77.3 Å². The monoisotopic (exact) mass is 754 g/mol. The molecule has 5 aliphatic carbocycles. The molecule has 10 atom stereocenters. The topological polar surface area (TPSA) is 130 Å². The van der Waals surface area contributed by atoms with E-state index in [0.717, 1.165) is 76.3 Å². The second kappa shape index (κ2) is 14.3. The number of likely N-dealkylation sites (tertiary alicyclic amines) is 1. The number of β-amino-alcohol motifs (C(OH)–C–C–N with tert-alkyl or cyclic N) is 1. The highest BCUT2D eigenvalue weighted by Crippen LogP contribution is 2.77. The number of hydrogen-bond donors (Lipinski definition) is 2. The number of Topliss-reactive ketones (excluding diaryl/α,β-unsaturated/α-hetero) is 1. The predicted octanol–water partition coefficient (Wildman–Crippen LogP) is 8.02. The van der Waals surface area contributed by atoms with Gasteiger partial charge in [-0.2, -0.15) is 0 Å². The number of ketones is 1. The van der Waals surface area contributed by atoms with Gasteiger partial charge in [-0.25, -0.2) is 0 Å². The fraction of sp³-hybridized carbons (Fsp3) is 0.867. The van der Waals surface area contributed by atoms with E-state index >= 15 is 0 Å². The molecule has 5 fully saturated rings. The van der Waals surface area contributed by atoms with Crippen LogP contribution in [0.4, 0.5) is 0 Å². The van der Waals surface area contributed by atoms with E-state index in [1.165, 1.54) is 5.57 Å². The number of nitrogens with zero attached hydrogens (tertiary/aromatic N) is 1. The highest BCUT2D eigenvalue weighted by molar-refractivity contribution is 6.00. The number of carboxylic acids is 1. The zero-order chi connectivity index (χ0) is 39.8. The number of ether oxygens (including phenoxy) is 2. The van der Waals surface area contributed by atoms with Crippen molar-refractivity contribution in [1.29, 1.82) is 0 Å². The maximum Gasteiger partial charge on any atom is 0.310 e. The van der Waals surface area contributed by atoms with Crippen LogP contribution in [0.25, 0.3) is 0 Å². The number of carbonyl (C=O) groups excluding carboxylic acids is 3. The molecule has 0 spiro atoms. The second-order valence-corrected chi connectivity index (χ2v) is 20.9. The van der Waals surface area contributed by atoms with Crippen LogP contribution in [0.5, 0.6) is 0 Å². The van der Waals surface area contributed by atoms with Gasteiger partial charge in [-0.05, 0) is 137 Å². The number of piperidine rings is 1. The molecule has 0 aromatic rings. The molecule has 6 aliphatic rings. The van der Waals surface area contributed by atoms with E-state index in [2.05, 4.69) is 53.4 Å². The molecule has 0 bridgehead atoms. The molecule has 9 heteroatoms. The van der Waals surface area contributed by atoms with Crippen molar-refractivity contribution in [3.63, 3.8) is 0 Å². The highest BCUT2D eigenvalue weighted by Gasteiger charge is 2.71. The molecular formula is C45H71NO8. The van der Waals surface area contributed by atoms with Crippen LogP contribution in [0, 0.1) is 62.1 Å². The zero-order valence-electron chi connectivity index (χ0n) is 35.1. The minimum absolute atomic E-state index is 0.0316. The fourth-order valence-electron chi connectivity index (χ4n) is 14.0. The highest BCUT2D eigenvalue weighted by atomic mass is 16.5. The summed E-state index contributed by atoms with van der Waals surface area (Å²) in [6.45, 7) is 23.7. The van der Waals surface area contributed by atoms with E-state index in [1.54, 1.807) is 13.8 Å². The zero-order valence-corrected chi connectivity index (χ0v) is 35.1. The molecule has 6 rings (SSSR count). The summed E-state index contributed by atoms with van der Waals surface area (Å²) in [6, 6.07) is 0. The molecule has 2 N–H and O–H groups in total. The molecule has 4 saturated carbocycles. The number of hydrogen-bond acceptors (Lipinski definition) is 8. The van der Waals surface area contributed by atoms with Crippen LogP contribution in [-0.2, 0) is 28.7 Å². The third-order valence-electron chi connectivity index (χ3n) is 17.1. The summed E-state index contributed by atoms with van der Waals surface area (Å²) in [5.41, 5.74) is 0.293. The maximum atomic E-state index is 14.2. The third-order valence-corrected chi connectivity index (χ3v) is 17.1. The van der Waals surface area contributed by atoms with Gasteiger partial charge in [-0.3, -0.25) is 24.1 Å². The van der Waals surface area contributed by atoms with Crippen molar-refractivity contribution in [1.82, 2.24) is 4.90 Å². The van der Waals surface area contributed by atoms with Crippen LogP contribution in [0.3, 0.4) is 0 Å². The normalized spacial score (nSPS) is 39.9. The summed E-state index contributed by atoms with van der Waals surface area (Å²) >= 11 is 0. The molecule has 54 heavy (non-hydrogen) atoms. The Morgan fingerprint density at radius 1 is 0.926 bits per heavy atom. The SMILES string of the molecule is CCOC(=O)[C@@H]1CCCN(C[C@@H](O)[C@@]23CC[C@]4(C)[C@H](CCC5[C@@]6(C)CC[C@H](OC(=O)CC(C)(C)C(=O)O)C(C)(C)C6CC[C@]54C)C2=C(C(C)C)C(=O)C3)C1. The molecular weight excluding hydrogens is 682 g/mol. The first kappa shape index (κ1) is 41.4. The maximum absolute atomic E-state index is 14.2. The van der Waals surface area contributed by atoms with E-state index in [9.17, 15) is 29.4 Å². The molecule has 1 aliphatic heterocycles. The predicted molar refractivity (Wildman–Crippen MR) is 207 cm³/mol. The average Bonchev–Trinajstić information content (AvgIpc) is 3.39. The number of carboxylic acid groups (broad SMARTS) is 1. The van der Waals surface area contributed by atoms with Crippen LogP contribution >= 0.6 is 0 Å². The molecule has 0 aromatic heterocycles. The number of carbonyl (C=O) groups is 4. The third kappa shape index (κ3) is 6.41. The number of aliphatic hydroxyl groups is 1. The quantitative estimate of drug-likeness (QED) is 0.213. The van der Waals surface area contributed by atoms with Gasteiger partial charge in [0.2, 0.25) is 0 Å². The van der Waals surface area contributed by atoms with Crippen molar-refractivity contribution in [2.24, 2.45) is 62.1 Å². The lowest BCUT2D eigenvalue weighted by atomic mass is 9.33. The summed E-state index contributed by atoms with van der Waals surface area (Å²) in [7, 11) is 0. The lowest BCUT2D eigenvalue weighted by Gasteiger charge is -2.72. The van der Waals surface area contributed by atoms with Crippen molar-refractivity contribution in [3.05, 3.63) is 11.1 Å². The molecule has 2 unspecified atom stereocenters. The summed E-state index contributed by atoms with van der Waals surface area (Å²) in [4.78, 5) is 54.0. The summed E-state index contributed by atoms with van der Waals surface area (Å²) in [5.74, 6) is -0.384. The number of allylic oxidation sites excluding steroid dienone is 1. The van der Waals surface area contributed by atoms with Crippen molar-refractivity contribution < 1.29 is 38.9 Å². The minimum atomic E-state index is -1.17. The smallest absolute Gasteiger partial charge is 0.310 e. The number of esters is 2. The Hall–Kier alpha value is -2.26. The molecule has 0 aromatic carbocycles. The van der Waals surface area contributed by atoms with Crippen molar-refractivity contribution in [3.8, 4) is 0 Å². The van der Waals surface area contributed by atoms with Crippen LogP contribution in [0.15, 0.2) is 11.1 Å². The Bertz CT molecular complexity index is 1550. The van der Waals surface area contributed by atoms with E-state index in [-0.39, 0.29) is 63.7 Å². The lowest BCUT2D eigenvalue weighted by molar-refractivity contribution is -0.235. The summed E-state index contributed by atoms with van der Waals surface area (Å²) < 4.78 is 11.5. The number of rotatable bonds is 10. The van der Waals surface area contributed by atoms with E-state index in [0.29, 0.717) is 38.0 Å². The van der Waals surface area contributed by atoms with Crippen LogP contribution in [0.1, 0.15) is 146 Å². The minimum Gasteiger partial charge on any atom is -0.481 e. The molecule has 9 nitrogen and oxygen atoms in total. The number of fused-ring (bicyclic) bond motifs is 7. The van der Waals surface area contributed by atoms with Gasteiger partial charge in [0.15, 0.2) is 5.78 Å². The number of aliphatic carboxylic acids is 1. The molecule has 1 saturated heterocycles.